The highest BCUT2D eigenvalue weighted by Crippen LogP contribution is 2.44. The molecular weight excluding hydrogens is 362 g/mol. The predicted molar refractivity (Wildman–Crippen MR) is 102 cm³/mol. The zero-order valence-electron chi connectivity index (χ0n) is 15.8. The van der Waals surface area contributed by atoms with E-state index >= 15 is 0 Å². The van der Waals surface area contributed by atoms with Gasteiger partial charge >= 0.3 is 5.97 Å². The van der Waals surface area contributed by atoms with Gasteiger partial charge in [0.25, 0.3) is 0 Å². The van der Waals surface area contributed by atoms with Crippen LogP contribution in [0.25, 0.3) is 0 Å². The van der Waals surface area contributed by atoms with Gasteiger partial charge in [-0.3, -0.25) is 0 Å². The van der Waals surface area contributed by atoms with E-state index in [1.807, 2.05) is 51.1 Å². The quantitative estimate of drug-likeness (QED) is 0.743. The third kappa shape index (κ3) is 2.78. The third-order valence-corrected chi connectivity index (χ3v) is 7.86. The number of ether oxygens (including phenoxy) is 1. The molecule has 1 spiro atoms. The van der Waals surface area contributed by atoms with Crippen LogP contribution < -0.4 is 0 Å². The molecule has 0 atom stereocenters. The van der Waals surface area contributed by atoms with Crippen LogP contribution >= 0.6 is 0 Å². The predicted octanol–water partition coefficient (Wildman–Crippen LogP) is 3.46. The summed E-state index contributed by atoms with van der Waals surface area (Å²) in [7, 11) is -3.58. The van der Waals surface area contributed by atoms with Crippen molar-refractivity contribution in [3.05, 3.63) is 64.2 Å². The van der Waals surface area contributed by atoms with E-state index in [2.05, 4.69) is 0 Å². The highest BCUT2D eigenvalue weighted by molar-refractivity contribution is 7.89. The van der Waals surface area contributed by atoms with Crippen LogP contribution in [0.4, 0.5) is 0 Å². The Morgan fingerprint density at radius 1 is 1.00 bits per heavy atom. The number of carbonyl (C=O) groups excluding carboxylic acids is 1. The first-order valence-electron chi connectivity index (χ1n) is 9.15. The van der Waals surface area contributed by atoms with Gasteiger partial charge in [0.2, 0.25) is 10.0 Å². The summed E-state index contributed by atoms with van der Waals surface area (Å²) in [4.78, 5) is 12.6. The molecule has 2 aromatic rings. The van der Waals surface area contributed by atoms with Crippen molar-refractivity contribution >= 4 is 16.0 Å². The molecule has 142 valence electrons. The number of aryl methyl sites for hydroxylation is 3. The molecule has 6 heteroatoms. The lowest BCUT2D eigenvalue weighted by Crippen LogP contribution is -2.45. The van der Waals surface area contributed by atoms with E-state index in [0.717, 1.165) is 22.3 Å². The zero-order chi connectivity index (χ0) is 19.4. The van der Waals surface area contributed by atoms with E-state index in [1.54, 1.807) is 6.07 Å². The number of fused-ring (bicyclic) bond motifs is 2. The fraction of sp³-hybridized carbons (Fsp3) is 0.381. The summed E-state index contributed by atoms with van der Waals surface area (Å²) >= 11 is 0. The number of hydrogen-bond donors (Lipinski definition) is 0. The maximum atomic E-state index is 13.3. The third-order valence-electron chi connectivity index (χ3n) is 5.66. The van der Waals surface area contributed by atoms with Gasteiger partial charge in [0.05, 0.1) is 10.5 Å². The minimum absolute atomic E-state index is 0.313. The molecule has 0 saturated carbocycles. The Kier molecular flexibility index (Phi) is 4.16. The van der Waals surface area contributed by atoms with Gasteiger partial charge in [0, 0.05) is 31.5 Å². The molecule has 0 radical (unpaired) electrons. The number of sulfonamides is 1. The molecule has 0 aliphatic carbocycles. The molecule has 4 rings (SSSR count). The van der Waals surface area contributed by atoms with Crippen LogP contribution in [-0.4, -0.2) is 31.8 Å². The van der Waals surface area contributed by atoms with Gasteiger partial charge < -0.3 is 4.74 Å². The van der Waals surface area contributed by atoms with E-state index in [-0.39, 0.29) is 5.97 Å². The fourth-order valence-corrected chi connectivity index (χ4v) is 6.36. The zero-order valence-corrected chi connectivity index (χ0v) is 16.6. The Labute approximate surface area is 160 Å². The van der Waals surface area contributed by atoms with Crippen molar-refractivity contribution in [2.45, 2.75) is 44.1 Å². The molecule has 2 heterocycles. The summed E-state index contributed by atoms with van der Waals surface area (Å²) < 4.78 is 33.8. The molecule has 1 saturated heterocycles. The van der Waals surface area contributed by atoms with E-state index < -0.39 is 15.6 Å². The Hall–Kier alpha value is -2.18. The minimum atomic E-state index is -3.58. The first kappa shape index (κ1) is 18.2. The molecule has 0 amide bonds. The summed E-state index contributed by atoms with van der Waals surface area (Å²) in [5, 5.41) is 0. The van der Waals surface area contributed by atoms with E-state index in [9.17, 15) is 13.2 Å². The average molecular weight is 385 g/mol. The topological polar surface area (TPSA) is 63.7 Å². The Balaban J connectivity index is 1.63. The van der Waals surface area contributed by atoms with Crippen LogP contribution in [0.15, 0.2) is 41.3 Å². The number of benzene rings is 2. The molecule has 5 nitrogen and oxygen atoms in total. The fourth-order valence-electron chi connectivity index (χ4n) is 4.51. The van der Waals surface area contributed by atoms with Gasteiger partial charge in [-0.25, -0.2) is 13.2 Å². The number of rotatable bonds is 2. The molecular formula is C21H23NO4S. The van der Waals surface area contributed by atoms with Gasteiger partial charge in [-0.05, 0) is 38.0 Å². The van der Waals surface area contributed by atoms with Crippen molar-refractivity contribution in [3.8, 4) is 0 Å². The van der Waals surface area contributed by atoms with Gasteiger partial charge in [0.15, 0.2) is 0 Å². The maximum Gasteiger partial charge on any atom is 0.339 e. The SMILES string of the molecule is Cc1cc(C)c(S(=O)(=O)N2CCC3(CC2)OC(=O)c2ccccc23)c(C)c1. The molecule has 2 aliphatic rings. The number of carbonyl (C=O) groups is 1. The van der Waals surface area contributed by atoms with Gasteiger partial charge in [-0.15, -0.1) is 0 Å². The van der Waals surface area contributed by atoms with Crippen molar-refractivity contribution < 1.29 is 17.9 Å². The normalized spacial score (nSPS) is 19.1. The summed E-state index contributed by atoms with van der Waals surface area (Å²) in [5.41, 5.74) is 3.37. The Morgan fingerprint density at radius 2 is 1.59 bits per heavy atom. The van der Waals surface area contributed by atoms with Crippen molar-refractivity contribution in [1.29, 1.82) is 0 Å². The standard InChI is InChI=1S/C21H23NO4S/c1-14-12-15(2)19(16(3)13-14)27(24,25)22-10-8-21(9-11-22)18-7-5-4-6-17(18)20(23)26-21/h4-7,12-13H,8-11H2,1-3H3. The second kappa shape index (κ2) is 6.17. The Bertz CT molecular complexity index is 1010. The molecule has 0 N–H and O–H groups in total. The second-order valence-corrected chi connectivity index (χ2v) is 9.44. The molecule has 0 aromatic heterocycles. The number of nitrogens with zero attached hydrogens (tertiary/aromatic N) is 1. The van der Waals surface area contributed by atoms with Crippen molar-refractivity contribution in [3.63, 3.8) is 0 Å². The minimum Gasteiger partial charge on any atom is -0.450 e. The molecule has 1 fully saturated rings. The second-order valence-electron chi connectivity index (χ2n) is 7.56. The van der Waals surface area contributed by atoms with Crippen molar-refractivity contribution in [1.82, 2.24) is 4.31 Å². The summed E-state index contributed by atoms with van der Waals surface area (Å²) in [5.74, 6) is -0.313. The van der Waals surface area contributed by atoms with Gasteiger partial charge in [-0.2, -0.15) is 4.31 Å². The monoisotopic (exact) mass is 385 g/mol. The first-order valence-corrected chi connectivity index (χ1v) is 10.6. The van der Waals surface area contributed by atoms with Crippen LogP contribution in [0.5, 0.6) is 0 Å². The smallest absolute Gasteiger partial charge is 0.339 e. The largest absolute Gasteiger partial charge is 0.450 e. The lowest BCUT2D eigenvalue weighted by molar-refractivity contribution is -0.0329. The molecule has 0 bridgehead atoms. The van der Waals surface area contributed by atoms with E-state index in [1.165, 1.54) is 4.31 Å². The van der Waals surface area contributed by atoms with Gasteiger partial charge in [-0.1, -0.05) is 35.9 Å². The first-order chi connectivity index (χ1) is 12.7. The number of hydrogen-bond acceptors (Lipinski definition) is 4. The molecule has 2 aliphatic heterocycles. The van der Waals surface area contributed by atoms with Crippen molar-refractivity contribution in [2.24, 2.45) is 0 Å². The van der Waals surface area contributed by atoms with Gasteiger partial charge in [0.1, 0.15) is 5.60 Å². The summed E-state index contributed by atoms with van der Waals surface area (Å²) in [6, 6.07) is 11.2. The maximum absolute atomic E-state index is 13.3. The van der Waals surface area contributed by atoms with Crippen LogP contribution in [-0.2, 0) is 20.4 Å². The lowest BCUT2D eigenvalue weighted by Gasteiger charge is -2.38. The Morgan fingerprint density at radius 3 is 2.22 bits per heavy atom. The number of esters is 1. The molecule has 2 aromatic carbocycles. The van der Waals surface area contributed by atoms with Crippen molar-refractivity contribution in [2.75, 3.05) is 13.1 Å². The van der Waals surface area contributed by atoms with E-state index in [0.29, 0.717) is 36.4 Å². The van der Waals surface area contributed by atoms with Crippen LogP contribution in [0.2, 0.25) is 0 Å². The van der Waals surface area contributed by atoms with E-state index in [4.69, 9.17) is 4.74 Å². The lowest BCUT2D eigenvalue weighted by atomic mass is 9.84. The highest BCUT2D eigenvalue weighted by Gasteiger charge is 2.48. The average Bonchev–Trinajstić information content (AvgIpc) is 2.86. The number of piperidine rings is 1. The van der Waals surface area contributed by atoms with Crippen LogP contribution in [0.3, 0.4) is 0 Å². The summed E-state index contributed by atoms with van der Waals surface area (Å²) in [6.45, 7) is 6.31. The molecule has 27 heavy (non-hydrogen) atoms. The van der Waals surface area contributed by atoms with Crippen LogP contribution in [0, 0.1) is 20.8 Å². The summed E-state index contributed by atoms with van der Waals surface area (Å²) in [6.07, 6.45) is 0.942. The van der Waals surface area contributed by atoms with Crippen LogP contribution in [0.1, 0.15) is 45.5 Å². The molecule has 0 unspecified atom stereocenters. The highest BCUT2D eigenvalue weighted by atomic mass is 32.2.